The van der Waals surface area contributed by atoms with E-state index in [4.69, 9.17) is 14.7 Å². The van der Waals surface area contributed by atoms with Crippen molar-refractivity contribution in [3.05, 3.63) is 17.7 Å². The van der Waals surface area contributed by atoms with Gasteiger partial charge in [-0.1, -0.05) is 13.0 Å². The summed E-state index contributed by atoms with van der Waals surface area (Å²) in [6.45, 7) is 3.67. The summed E-state index contributed by atoms with van der Waals surface area (Å²) in [7, 11) is 0. The van der Waals surface area contributed by atoms with Gasteiger partial charge >= 0.3 is 0 Å². The summed E-state index contributed by atoms with van der Waals surface area (Å²) in [5.74, 6) is 0.760. The largest absolute Gasteiger partial charge is 0.440 e. The smallest absolute Gasteiger partial charge is 0.224 e. The molecule has 0 saturated heterocycles. The van der Waals surface area contributed by atoms with E-state index >= 15 is 0 Å². The molecule has 1 radical (unpaired) electrons. The van der Waals surface area contributed by atoms with Crippen LogP contribution < -0.4 is 4.74 Å². The van der Waals surface area contributed by atoms with Gasteiger partial charge in [-0.15, -0.1) is 0 Å². The van der Waals surface area contributed by atoms with Crippen LogP contribution in [0.25, 0.3) is 11.1 Å². The van der Waals surface area contributed by atoms with Crippen molar-refractivity contribution in [2.75, 3.05) is 0 Å². The molecule has 0 saturated carbocycles. The van der Waals surface area contributed by atoms with Crippen molar-refractivity contribution >= 4 is 17.0 Å². The van der Waals surface area contributed by atoms with Gasteiger partial charge in [-0.2, -0.15) is 0 Å². The molecule has 1 aromatic heterocycles. The summed E-state index contributed by atoms with van der Waals surface area (Å²) < 4.78 is 10.3. The van der Waals surface area contributed by atoms with Crippen LogP contribution in [0.1, 0.15) is 19.4 Å². The van der Waals surface area contributed by atoms with Crippen molar-refractivity contribution in [2.24, 2.45) is 0 Å². The Hall–Kier alpha value is -1.19. The number of benzene rings is 1. The molecule has 0 aliphatic carbocycles. The molecule has 0 unspecified atom stereocenters. The number of fused-ring (bicyclic) bond motifs is 1. The van der Waals surface area contributed by atoms with E-state index in [2.05, 4.69) is 12.1 Å². The molecule has 0 fully saturated rings. The molecule has 0 bridgehead atoms. The second-order valence-corrected chi connectivity index (χ2v) is 3.14. The van der Waals surface area contributed by atoms with Gasteiger partial charge in [-0.25, -0.2) is 5.16 Å². The Balaban J connectivity index is 0.00000112. The van der Waals surface area contributed by atoms with Crippen LogP contribution in [0.4, 0.5) is 0 Å². The van der Waals surface area contributed by atoms with Crippen molar-refractivity contribution in [3.8, 4) is 5.75 Å². The van der Waals surface area contributed by atoms with E-state index in [0.717, 1.165) is 11.9 Å². The van der Waals surface area contributed by atoms with Crippen LogP contribution in [-0.4, -0.2) is 11.1 Å². The number of aromatic amines is 1. The first-order valence-electron chi connectivity index (χ1n) is 4.54. The second-order valence-electron chi connectivity index (χ2n) is 3.14. The first kappa shape index (κ1) is 11.9. The summed E-state index contributed by atoms with van der Waals surface area (Å²) in [5.41, 5.74) is 2.88. The maximum absolute atomic E-state index is 7.22. The van der Waals surface area contributed by atoms with Crippen LogP contribution in [0.3, 0.4) is 0 Å². The maximum Gasteiger partial charge on any atom is 0.224 e. The second kappa shape index (κ2) is 4.55. The molecule has 15 heavy (non-hydrogen) atoms. The SMILES string of the molecule is CCc1ccc(OC(C)=N)c2o[nH]c12.[Mn]. The van der Waals surface area contributed by atoms with Crippen molar-refractivity contribution in [1.82, 2.24) is 5.16 Å². The Kier molecular flexibility index (Phi) is 3.61. The third-order valence-electron chi connectivity index (χ3n) is 2.11. The average molecular weight is 247 g/mol. The van der Waals surface area contributed by atoms with Crippen LogP contribution in [0.15, 0.2) is 16.7 Å². The van der Waals surface area contributed by atoms with Crippen LogP contribution in [-0.2, 0) is 23.5 Å². The summed E-state index contributed by atoms with van der Waals surface area (Å²) in [4.78, 5) is 0. The minimum absolute atomic E-state index is 0. The van der Waals surface area contributed by atoms with Gasteiger partial charge in [-0.05, 0) is 18.1 Å². The Bertz CT molecular complexity index is 473. The standard InChI is InChI=1S/C10H12N2O2.Mn/c1-3-7-4-5-8(13-6(2)11)10-9(7)12-14-10;/h4-5,11-12H,3H2,1-2H3;. The zero-order valence-corrected chi connectivity index (χ0v) is 9.74. The van der Waals surface area contributed by atoms with Crippen molar-refractivity contribution in [3.63, 3.8) is 0 Å². The molecule has 5 heteroatoms. The quantitative estimate of drug-likeness (QED) is 0.487. The molecule has 2 aromatic rings. The van der Waals surface area contributed by atoms with Crippen LogP contribution in [0, 0.1) is 5.41 Å². The van der Waals surface area contributed by atoms with Gasteiger partial charge in [0.15, 0.2) is 11.6 Å². The van der Waals surface area contributed by atoms with E-state index in [9.17, 15) is 0 Å². The van der Waals surface area contributed by atoms with Gasteiger partial charge in [0.1, 0.15) is 5.52 Å². The van der Waals surface area contributed by atoms with E-state index < -0.39 is 0 Å². The number of hydrogen-bond acceptors (Lipinski definition) is 3. The molecule has 81 valence electrons. The Morgan fingerprint density at radius 1 is 1.53 bits per heavy atom. The molecule has 1 aromatic carbocycles. The predicted molar refractivity (Wildman–Crippen MR) is 54.0 cm³/mol. The third kappa shape index (κ3) is 2.08. The maximum atomic E-state index is 7.22. The molecule has 0 aliphatic heterocycles. The number of H-pyrrole nitrogens is 1. The normalized spacial score (nSPS) is 10.0. The first-order valence-corrected chi connectivity index (χ1v) is 4.54. The minimum atomic E-state index is 0. The molecule has 0 spiro atoms. The molecule has 1 heterocycles. The zero-order chi connectivity index (χ0) is 10.1. The number of hydrogen-bond donors (Lipinski definition) is 2. The monoisotopic (exact) mass is 247 g/mol. The van der Waals surface area contributed by atoms with E-state index in [0.29, 0.717) is 11.3 Å². The Morgan fingerprint density at radius 3 is 2.73 bits per heavy atom. The van der Waals surface area contributed by atoms with Gasteiger partial charge in [0.05, 0.1) is 0 Å². The molecule has 0 aliphatic rings. The molecular weight excluding hydrogens is 235 g/mol. The number of aryl methyl sites for hydroxylation is 1. The molecule has 0 amide bonds. The number of rotatable bonds is 2. The van der Waals surface area contributed by atoms with E-state index in [-0.39, 0.29) is 23.0 Å². The van der Waals surface area contributed by atoms with Gasteiger partial charge in [0, 0.05) is 24.0 Å². The minimum Gasteiger partial charge on any atom is -0.440 e. The zero-order valence-electron chi connectivity index (χ0n) is 8.56. The summed E-state index contributed by atoms with van der Waals surface area (Å²) in [6.07, 6.45) is 0.947. The molecule has 2 N–H and O–H groups in total. The van der Waals surface area contributed by atoms with Gasteiger partial charge in [-0.3, -0.25) is 5.41 Å². The van der Waals surface area contributed by atoms with E-state index in [1.807, 2.05) is 12.1 Å². The van der Waals surface area contributed by atoms with Crippen molar-refractivity contribution in [1.29, 1.82) is 5.41 Å². The summed E-state index contributed by atoms with van der Waals surface area (Å²) in [6, 6.07) is 3.81. The van der Waals surface area contributed by atoms with Crippen molar-refractivity contribution in [2.45, 2.75) is 20.3 Å². The van der Waals surface area contributed by atoms with Crippen LogP contribution >= 0.6 is 0 Å². The van der Waals surface area contributed by atoms with Crippen molar-refractivity contribution < 1.29 is 26.3 Å². The summed E-state index contributed by atoms with van der Waals surface area (Å²) in [5, 5.41) is 10.00. The fourth-order valence-corrected chi connectivity index (χ4v) is 1.41. The Labute approximate surface area is 97.9 Å². The predicted octanol–water partition coefficient (Wildman–Crippen LogP) is 2.70. The first-order chi connectivity index (χ1) is 6.72. The van der Waals surface area contributed by atoms with Crippen LogP contribution in [0.2, 0.25) is 0 Å². The molecule has 2 rings (SSSR count). The van der Waals surface area contributed by atoms with Gasteiger partial charge < -0.3 is 9.26 Å². The fourth-order valence-electron chi connectivity index (χ4n) is 1.41. The van der Waals surface area contributed by atoms with Crippen LogP contribution in [0.5, 0.6) is 5.75 Å². The number of ether oxygens (including phenoxy) is 1. The molecular formula is C10H12MnN2O2. The summed E-state index contributed by atoms with van der Waals surface area (Å²) >= 11 is 0. The topological polar surface area (TPSA) is 62.0 Å². The van der Waals surface area contributed by atoms with E-state index in [1.54, 1.807) is 6.92 Å². The Morgan fingerprint density at radius 2 is 2.27 bits per heavy atom. The van der Waals surface area contributed by atoms with Gasteiger partial charge in [0.25, 0.3) is 0 Å². The number of aromatic nitrogens is 1. The van der Waals surface area contributed by atoms with E-state index in [1.165, 1.54) is 5.56 Å². The molecule has 0 atom stereocenters. The third-order valence-corrected chi connectivity index (χ3v) is 2.11. The molecule has 4 nitrogen and oxygen atoms in total. The fraction of sp³-hybridized carbons (Fsp3) is 0.300. The average Bonchev–Trinajstić information content (AvgIpc) is 2.06. The number of nitrogens with one attached hydrogen (secondary N) is 2. The van der Waals surface area contributed by atoms with Gasteiger partial charge in [0.2, 0.25) is 5.58 Å².